The lowest BCUT2D eigenvalue weighted by Crippen LogP contribution is -2.49. The van der Waals surface area contributed by atoms with Gasteiger partial charge < -0.3 is 19.2 Å². The van der Waals surface area contributed by atoms with Crippen LogP contribution in [0.3, 0.4) is 0 Å². The van der Waals surface area contributed by atoms with Crippen LogP contribution in [0.4, 0.5) is 0 Å². The van der Waals surface area contributed by atoms with E-state index >= 15 is 0 Å². The molecule has 0 radical (unpaired) electrons. The maximum Gasteiger partial charge on any atom is 0.340 e. The molecule has 0 spiro atoms. The minimum atomic E-state index is -0.834. The number of benzene rings is 1. The number of carbonyl (C=O) groups is 2. The molecule has 8 nitrogen and oxygen atoms in total. The number of aryl methyl sites for hydroxylation is 1. The Bertz CT molecular complexity index is 995. The second-order valence-electron chi connectivity index (χ2n) is 7.02. The minimum absolute atomic E-state index is 0.0527. The number of carbonyl (C=O) groups excluding carboxylic acids is 1. The molecule has 0 aliphatic carbocycles. The van der Waals surface area contributed by atoms with Crippen molar-refractivity contribution in [3.05, 3.63) is 38.7 Å². The van der Waals surface area contributed by atoms with Crippen molar-refractivity contribution in [2.24, 2.45) is 0 Å². The quantitative estimate of drug-likeness (QED) is 0.710. The van der Waals surface area contributed by atoms with Crippen molar-refractivity contribution >= 4 is 34.4 Å². The molecule has 3 rings (SSSR count). The molecule has 2 aromatic rings. The zero-order valence-electron chi connectivity index (χ0n) is 16.4. The van der Waals surface area contributed by atoms with Gasteiger partial charge in [0.2, 0.25) is 5.91 Å². The van der Waals surface area contributed by atoms with E-state index in [2.05, 4.69) is 0 Å². The fraction of sp³-hybridized carbons (Fsp3) is 0.450. The number of fused-ring (bicyclic) bond motifs is 1. The molecule has 1 saturated heterocycles. The fourth-order valence-electron chi connectivity index (χ4n) is 3.49. The second kappa shape index (κ2) is 8.84. The van der Waals surface area contributed by atoms with Crippen LogP contribution in [0.5, 0.6) is 5.75 Å². The van der Waals surface area contributed by atoms with Crippen molar-refractivity contribution in [2.45, 2.75) is 19.8 Å². The molecule has 156 valence electrons. The highest BCUT2D eigenvalue weighted by Gasteiger charge is 2.24. The number of halogens is 1. The van der Waals surface area contributed by atoms with Gasteiger partial charge in [0.05, 0.1) is 30.5 Å². The molecule has 2 heterocycles. The van der Waals surface area contributed by atoms with Gasteiger partial charge in [-0.1, -0.05) is 11.6 Å². The summed E-state index contributed by atoms with van der Waals surface area (Å²) in [7, 11) is 1.48. The smallest absolute Gasteiger partial charge is 0.340 e. The number of methoxy groups -OCH3 is 1. The SMILES string of the molecule is COc1cc2oc(=O)c(CC(=O)N3CCN(CCC(=O)O)CC3)c(C)c2cc1Cl. The lowest BCUT2D eigenvalue weighted by atomic mass is 10.0. The van der Waals surface area contributed by atoms with Crippen LogP contribution in [0, 0.1) is 6.92 Å². The summed E-state index contributed by atoms with van der Waals surface area (Å²) in [6, 6.07) is 3.23. The zero-order valence-corrected chi connectivity index (χ0v) is 17.1. The summed E-state index contributed by atoms with van der Waals surface area (Å²) in [5.41, 5.74) is 0.788. The largest absolute Gasteiger partial charge is 0.495 e. The van der Waals surface area contributed by atoms with E-state index in [1.807, 2.05) is 4.90 Å². The van der Waals surface area contributed by atoms with Crippen LogP contribution in [0.2, 0.25) is 5.02 Å². The third-order valence-electron chi connectivity index (χ3n) is 5.25. The van der Waals surface area contributed by atoms with E-state index in [1.165, 1.54) is 7.11 Å². The molecule has 1 amide bonds. The third-order valence-corrected chi connectivity index (χ3v) is 5.55. The molecule has 1 fully saturated rings. The number of piperazine rings is 1. The van der Waals surface area contributed by atoms with E-state index in [0.29, 0.717) is 65.6 Å². The van der Waals surface area contributed by atoms with Gasteiger partial charge in [0.25, 0.3) is 0 Å². The Labute approximate surface area is 172 Å². The first-order valence-corrected chi connectivity index (χ1v) is 9.69. The summed E-state index contributed by atoms with van der Waals surface area (Å²) in [4.78, 5) is 39.6. The molecule has 29 heavy (non-hydrogen) atoms. The number of nitrogens with zero attached hydrogens (tertiary/aromatic N) is 2. The van der Waals surface area contributed by atoms with E-state index in [0.717, 1.165) is 0 Å². The van der Waals surface area contributed by atoms with Crippen molar-refractivity contribution < 1.29 is 23.8 Å². The van der Waals surface area contributed by atoms with Gasteiger partial charge >= 0.3 is 11.6 Å². The van der Waals surface area contributed by atoms with E-state index in [-0.39, 0.29) is 18.7 Å². The van der Waals surface area contributed by atoms with Crippen LogP contribution in [0.1, 0.15) is 17.5 Å². The number of carboxylic acids is 1. The van der Waals surface area contributed by atoms with Crippen LogP contribution in [0.25, 0.3) is 11.0 Å². The Kier molecular flexibility index (Phi) is 6.44. The molecule has 1 aliphatic heterocycles. The van der Waals surface area contributed by atoms with Gasteiger partial charge in [-0.15, -0.1) is 0 Å². The number of ether oxygens (including phenoxy) is 1. The first-order valence-electron chi connectivity index (χ1n) is 9.32. The first kappa shape index (κ1) is 21.1. The van der Waals surface area contributed by atoms with Gasteiger partial charge in [-0.2, -0.15) is 0 Å². The van der Waals surface area contributed by atoms with Crippen LogP contribution in [-0.4, -0.2) is 66.6 Å². The maximum absolute atomic E-state index is 12.7. The predicted octanol–water partition coefficient (Wildman–Crippen LogP) is 1.92. The molecule has 1 aromatic carbocycles. The van der Waals surface area contributed by atoms with Crippen molar-refractivity contribution in [3.8, 4) is 5.75 Å². The molecule has 9 heteroatoms. The lowest BCUT2D eigenvalue weighted by Gasteiger charge is -2.34. The van der Waals surface area contributed by atoms with E-state index in [4.69, 9.17) is 25.9 Å². The van der Waals surface area contributed by atoms with Crippen LogP contribution >= 0.6 is 11.6 Å². The number of amides is 1. The van der Waals surface area contributed by atoms with E-state index in [9.17, 15) is 14.4 Å². The van der Waals surface area contributed by atoms with Gasteiger partial charge in [-0.05, 0) is 18.6 Å². The summed E-state index contributed by atoms with van der Waals surface area (Å²) < 4.78 is 10.6. The fourth-order valence-corrected chi connectivity index (χ4v) is 3.73. The Morgan fingerprint density at radius 2 is 1.93 bits per heavy atom. The molecule has 0 bridgehead atoms. The van der Waals surface area contributed by atoms with Gasteiger partial charge in [0, 0.05) is 44.2 Å². The van der Waals surface area contributed by atoms with E-state index in [1.54, 1.807) is 24.0 Å². The Morgan fingerprint density at radius 1 is 1.24 bits per heavy atom. The molecule has 1 N–H and O–H groups in total. The molecule has 0 atom stereocenters. The first-order chi connectivity index (χ1) is 13.8. The summed E-state index contributed by atoms with van der Waals surface area (Å²) in [5.74, 6) is -0.580. The van der Waals surface area contributed by atoms with Crippen molar-refractivity contribution in [3.63, 3.8) is 0 Å². The topological polar surface area (TPSA) is 100 Å². The lowest BCUT2D eigenvalue weighted by molar-refractivity contribution is -0.138. The average molecular weight is 423 g/mol. The average Bonchev–Trinajstić information content (AvgIpc) is 2.70. The van der Waals surface area contributed by atoms with Gasteiger partial charge in [-0.3, -0.25) is 14.5 Å². The normalized spacial score (nSPS) is 14.9. The summed E-state index contributed by atoms with van der Waals surface area (Å²) in [6.45, 7) is 4.46. The number of hydrogen-bond acceptors (Lipinski definition) is 6. The highest BCUT2D eigenvalue weighted by Crippen LogP contribution is 2.31. The highest BCUT2D eigenvalue weighted by molar-refractivity contribution is 6.32. The summed E-state index contributed by atoms with van der Waals surface area (Å²) >= 11 is 6.19. The van der Waals surface area contributed by atoms with Crippen LogP contribution < -0.4 is 10.4 Å². The van der Waals surface area contributed by atoms with Crippen molar-refractivity contribution in [2.75, 3.05) is 39.8 Å². The number of hydrogen-bond donors (Lipinski definition) is 1. The highest BCUT2D eigenvalue weighted by atomic mass is 35.5. The molecule has 1 aromatic heterocycles. The Hall–Kier alpha value is -2.58. The van der Waals surface area contributed by atoms with Crippen LogP contribution in [-0.2, 0) is 16.0 Å². The number of rotatable bonds is 6. The number of carboxylic acid groups (broad SMARTS) is 1. The standard InChI is InChI=1S/C20H23ClN2O6/c1-12-13-9-15(21)17(28-2)11-16(13)29-20(27)14(12)10-18(24)23-7-5-22(6-8-23)4-3-19(25)26/h9,11H,3-8,10H2,1-2H3,(H,25,26). The second-order valence-corrected chi connectivity index (χ2v) is 7.43. The third kappa shape index (κ3) is 4.71. The molecule has 1 aliphatic rings. The predicted molar refractivity (Wildman–Crippen MR) is 108 cm³/mol. The number of aliphatic carboxylic acids is 1. The molecule has 0 saturated carbocycles. The molecular weight excluding hydrogens is 400 g/mol. The van der Waals surface area contributed by atoms with Crippen LogP contribution in [0.15, 0.2) is 21.3 Å². The summed E-state index contributed by atoms with van der Waals surface area (Å²) in [6.07, 6.45) is 0.0293. The van der Waals surface area contributed by atoms with Gasteiger partial charge in [0.1, 0.15) is 11.3 Å². The van der Waals surface area contributed by atoms with E-state index < -0.39 is 11.6 Å². The maximum atomic E-state index is 12.7. The Morgan fingerprint density at radius 3 is 2.55 bits per heavy atom. The van der Waals surface area contributed by atoms with Gasteiger partial charge in [-0.25, -0.2) is 4.79 Å². The van der Waals surface area contributed by atoms with Crippen molar-refractivity contribution in [1.82, 2.24) is 9.80 Å². The minimum Gasteiger partial charge on any atom is -0.495 e. The monoisotopic (exact) mass is 422 g/mol. The van der Waals surface area contributed by atoms with Gasteiger partial charge in [0.15, 0.2) is 0 Å². The zero-order chi connectivity index (χ0) is 21.1. The molecular formula is C20H23ClN2O6. The summed E-state index contributed by atoms with van der Waals surface area (Å²) in [5, 5.41) is 9.84. The van der Waals surface area contributed by atoms with Crippen molar-refractivity contribution in [1.29, 1.82) is 0 Å². The Balaban J connectivity index is 1.74. The molecule has 0 unspecified atom stereocenters.